The number of piperidine rings is 1. The van der Waals surface area contributed by atoms with Crippen LogP contribution in [0.4, 0.5) is 0 Å². The van der Waals surface area contributed by atoms with Gasteiger partial charge < -0.3 is 5.32 Å². The standard InChI is InChI=1S/C27H31N7/c1-2-7-25(8-3-1)33-19-24(17-32-33)22-14-29-27(30-15-22)21-6-4-5-20(13-21)23-16-31-34(18-23)26-9-11-28-12-10-26/h4-6,13-19,25-26,28H,1-3,7-12H2. The molecule has 0 bridgehead atoms. The number of benzene rings is 1. The molecule has 2 fully saturated rings. The van der Waals surface area contributed by atoms with Crippen molar-refractivity contribution >= 4 is 0 Å². The van der Waals surface area contributed by atoms with Crippen molar-refractivity contribution in [2.24, 2.45) is 0 Å². The molecule has 1 saturated heterocycles. The van der Waals surface area contributed by atoms with Gasteiger partial charge in [-0.25, -0.2) is 9.97 Å². The molecule has 0 radical (unpaired) electrons. The Kier molecular flexibility index (Phi) is 5.93. The predicted molar refractivity (Wildman–Crippen MR) is 133 cm³/mol. The molecule has 1 saturated carbocycles. The average molecular weight is 454 g/mol. The molecule has 34 heavy (non-hydrogen) atoms. The summed E-state index contributed by atoms with van der Waals surface area (Å²) < 4.78 is 4.26. The molecule has 0 atom stereocenters. The minimum atomic E-state index is 0.483. The fraction of sp³-hybridized carbons (Fsp3) is 0.407. The van der Waals surface area contributed by atoms with Crippen LogP contribution in [0.5, 0.6) is 0 Å². The van der Waals surface area contributed by atoms with Crippen LogP contribution in [0.1, 0.15) is 57.0 Å². The molecule has 1 aliphatic heterocycles. The Hall–Kier alpha value is -3.32. The van der Waals surface area contributed by atoms with Gasteiger partial charge >= 0.3 is 0 Å². The van der Waals surface area contributed by atoms with E-state index in [4.69, 9.17) is 0 Å². The summed E-state index contributed by atoms with van der Waals surface area (Å²) in [6.45, 7) is 2.12. The van der Waals surface area contributed by atoms with Gasteiger partial charge in [0, 0.05) is 47.0 Å². The first kappa shape index (κ1) is 21.2. The predicted octanol–water partition coefficient (Wildman–Crippen LogP) is 5.30. The van der Waals surface area contributed by atoms with E-state index in [-0.39, 0.29) is 0 Å². The van der Waals surface area contributed by atoms with E-state index in [1.165, 1.54) is 32.1 Å². The number of nitrogens with zero attached hydrogens (tertiary/aromatic N) is 6. The van der Waals surface area contributed by atoms with E-state index < -0.39 is 0 Å². The van der Waals surface area contributed by atoms with Crippen molar-refractivity contribution in [3.05, 3.63) is 61.4 Å². The number of nitrogens with one attached hydrogen (secondary N) is 1. The second-order valence-electron chi connectivity index (χ2n) is 9.57. The summed E-state index contributed by atoms with van der Waals surface area (Å²) in [6.07, 6.45) is 20.7. The van der Waals surface area contributed by atoms with Crippen LogP contribution >= 0.6 is 0 Å². The third-order valence-electron chi connectivity index (χ3n) is 7.27. The maximum Gasteiger partial charge on any atom is 0.159 e. The van der Waals surface area contributed by atoms with Crippen LogP contribution in [-0.4, -0.2) is 42.6 Å². The van der Waals surface area contributed by atoms with Gasteiger partial charge in [0.25, 0.3) is 0 Å². The number of aromatic nitrogens is 6. The Morgan fingerprint density at radius 2 is 1.26 bits per heavy atom. The van der Waals surface area contributed by atoms with Gasteiger partial charge in [0.1, 0.15) is 0 Å². The van der Waals surface area contributed by atoms with Crippen molar-refractivity contribution in [1.29, 1.82) is 0 Å². The molecule has 6 rings (SSSR count). The molecular formula is C27H31N7. The first-order valence-corrected chi connectivity index (χ1v) is 12.6. The van der Waals surface area contributed by atoms with E-state index >= 15 is 0 Å². The molecule has 1 aliphatic carbocycles. The topological polar surface area (TPSA) is 73.5 Å². The molecule has 4 aromatic rings. The fourth-order valence-corrected chi connectivity index (χ4v) is 5.25. The van der Waals surface area contributed by atoms with Crippen molar-refractivity contribution < 1.29 is 0 Å². The van der Waals surface area contributed by atoms with E-state index in [2.05, 4.69) is 71.5 Å². The molecule has 1 aromatic carbocycles. The highest BCUT2D eigenvalue weighted by Crippen LogP contribution is 2.30. The molecule has 3 aromatic heterocycles. The lowest BCUT2D eigenvalue weighted by Gasteiger charge is -2.22. The minimum absolute atomic E-state index is 0.483. The minimum Gasteiger partial charge on any atom is -0.317 e. The lowest BCUT2D eigenvalue weighted by Crippen LogP contribution is -2.29. The molecule has 0 unspecified atom stereocenters. The first-order chi connectivity index (χ1) is 16.8. The lowest BCUT2D eigenvalue weighted by molar-refractivity contribution is 0.329. The Morgan fingerprint density at radius 3 is 1.97 bits per heavy atom. The zero-order valence-corrected chi connectivity index (χ0v) is 19.5. The lowest BCUT2D eigenvalue weighted by atomic mass is 9.96. The summed E-state index contributed by atoms with van der Waals surface area (Å²) in [7, 11) is 0. The van der Waals surface area contributed by atoms with Gasteiger partial charge in [-0.15, -0.1) is 0 Å². The summed E-state index contributed by atoms with van der Waals surface area (Å²) >= 11 is 0. The Bertz CT molecular complexity index is 1230. The molecule has 174 valence electrons. The smallest absolute Gasteiger partial charge is 0.159 e. The zero-order valence-electron chi connectivity index (χ0n) is 19.5. The second-order valence-corrected chi connectivity index (χ2v) is 9.57. The summed E-state index contributed by atoms with van der Waals surface area (Å²) in [4.78, 5) is 9.37. The van der Waals surface area contributed by atoms with Crippen LogP contribution in [0.3, 0.4) is 0 Å². The van der Waals surface area contributed by atoms with Crippen molar-refractivity contribution in [2.45, 2.75) is 57.0 Å². The summed E-state index contributed by atoms with van der Waals surface area (Å²) in [5.41, 5.74) is 5.37. The second kappa shape index (κ2) is 9.50. The normalized spacial score (nSPS) is 17.8. The Balaban J connectivity index is 1.19. The molecule has 0 spiro atoms. The molecule has 7 heteroatoms. The molecule has 4 heterocycles. The van der Waals surface area contributed by atoms with Gasteiger partial charge in [-0.2, -0.15) is 10.2 Å². The monoisotopic (exact) mass is 453 g/mol. The quantitative estimate of drug-likeness (QED) is 0.444. The highest BCUT2D eigenvalue weighted by Gasteiger charge is 2.18. The van der Waals surface area contributed by atoms with Gasteiger partial charge in [0.15, 0.2) is 5.82 Å². The molecule has 2 aliphatic rings. The number of rotatable bonds is 5. The van der Waals surface area contributed by atoms with E-state index in [1.807, 2.05) is 24.8 Å². The average Bonchev–Trinajstić information content (AvgIpc) is 3.61. The molecular weight excluding hydrogens is 422 g/mol. The van der Waals surface area contributed by atoms with Gasteiger partial charge in [-0.1, -0.05) is 37.5 Å². The fourth-order valence-electron chi connectivity index (χ4n) is 5.25. The Morgan fingerprint density at radius 1 is 0.647 bits per heavy atom. The first-order valence-electron chi connectivity index (χ1n) is 12.6. The zero-order chi connectivity index (χ0) is 22.7. The molecule has 7 nitrogen and oxygen atoms in total. The molecule has 0 amide bonds. The van der Waals surface area contributed by atoms with Crippen LogP contribution < -0.4 is 5.32 Å². The van der Waals surface area contributed by atoms with E-state index in [1.54, 1.807) is 0 Å². The third kappa shape index (κ3) is 4.40. The number of hydrogen-bond acceptors (Lipinski definition) is 5. The van der Waals surface area contributed by atoms with Crippen molar-refractivity contribution in [3.8, 4) is 33.6 Å². The van der Waals surface area contributed by atoms with Crippen LogP contribution in [0.2, 0.25) is 0 Å². The summed E-state index contributed by atoms with van der Waals surface area (Å²) in [5.74, 6) is 0.732. The van der Waals surface area contributed by atoms with Crippen LogP contribution in [-0.2, 0) is 0 Å². The van der Waals surface area contributed by atoms with Gasteiger partial charge in [-0.3, -0.25) is 9.36 Å². The van der Waals surface area contributed by atoms with Crippen molar-refractivity contribution in [1.82, 2.24) is 34.8 Å². The van der Waals surface area contributed by atoms with Crippen molar-refractivity contribution in [3.63, 3.8) is 0 Å². The van der Waals surface area contributed by atoms with Crippen molar-refractivity contribution in [2.75, 3.05) is 13.1 Å². The van der Waals surface area contributed by atoms with E-state index in [0.717, 1.165) is 59.6 Å². The van der Waals surface area contributed by atoms with E-state index in [9.17, 15) is 0 Å². The summed E-state index contributed by atoms with van der Waals surface area (Å²) in [5, 5.41) is 12.7. The van der Waals surface area contributed by atoms with E-state index in [0.29, 0.717) is 12.1 Å². The third-order valence-corrected chi connectivity index (χ3v) is 7.27. The maximum absolute atomic E-state index is 4.68. The van der Waals surface area contributed by atoms with Gasteiger partial charge in [0.2, 0.25) is 0 Å². The van der Waals surface area contributed by atoms with Crippen LogP contribution in [0.15, 0.2) is 61.4 Å². The molecule has 1 N–H and O–H groups in total. The largest absolute Gasteiger partial charge is 0.317 e. The van der Waals surface area contributed by atoms with Gasteiger partial charge in [0.05, 0.1) is 24.5 Å². The highest BCUT2D eigenvalue weighted by molar-refractivity contribution is 5.70. The van der Waals surface area contributed by atoms with Crippen LogP contribution in [0.25, 0.3) is 33.6 Å². The number of hydrogen-bond donors (Lipinski definition) is 1. The van der Waals surface area contributed by atoms with Crippen LogP contribution in [0, 0.1) is 0 Å². The highest BCUT2D eigenvalue weighted by atomic mass is 15.3. The maximum atomic E-state index is 4.68. The van der Waals surface area contributed by atoms with Gasteiger partial charge in [-0.05, 0) is 50.4 Å². The Labute approximate surface area is 200 Å². The summed E-state index contributed by atoms with van der Waals surface area (Å²) in [6, 6.07) is 9.43. The SMILES string of the molecule is c1cc(-c2cnn(C3CCNCC3)c2)cc(-c2ncc(-c3cnn(C4CCCCC4)c3)cn2)c1.